The van der Waals surface area contributed by atoms with E-state index in [1.807, 2.05) is 35.2 Å². The van der Waals surface area contributed by atoms with Gasteiger partial charge in [0.25, 0.3) is 0 Å². The zero-order valence-electron chi connectivity index (χ0n) is 23.0. The largest absolute Gasteiger partial charge is 0.442 e. The average molecular weight is 584 g/mol. The Labute approximate surface area is 239 Å². The number of hydrogen-bond acceptors (Lipinski definition) is 7. The number of nitrogens with zero attached hydrogens (tertiary/aromatic N) is 2. The summed E-state index contributed by atoms with van der Waals surface area (Å²) < 4.78 is 43.9. The molecule has 1 aliphatic heterocycles. The number of benzene rings is 3. The van der Waals surface area contributed by atoms with Gasteiger partial charge in [0.1, 0.15) is 21.8 Å². The summed E-state index contributed by atoms with van der Waals surface area (Å²) in [5.74, 6) is -0.778. The number of sulfone groups is 1. The highest BCUT2D eigenvalue weighted by Gasteiger charge is 2.32. The van der Waals surface area contributed by atoms with Crippen LogP contribution in [0.4, 0.5) is 14.9 Å². The van der Waals surface area contributed by atoms with Crippen molar-refractivity contribution in [3.05, 3.63) is 89.7 Å². The number of nitrogens with one attached hydrogen (secondary N) is 1. The van der Waals surface area contributed by atoms with Gasteiger partial charge in [-0.1, -0.05) is 54.6 Å². The summed E-state index contributed by atoms with van der Waals surface area (Å²) in [5.41, 5.74) is 2.90. The molecule has 1 aliphatic rings. The van der Waals surface area contributed by atoms with Crippen LogP contribution in [0, 0.1) is 5.82 Å². The van der Waals surface area contributed by atoms with Crippen LogP contribution in [-0.2, 0) is 25.9 Å². The molecule has 0 bridgehead atoms. The molecule has 218 valence electrons. The van der Waals surface area contributed by atoms with Gasteiger partial charge >= 0.3 is 6.09 Å². The molecule has 0 unspecified atom stereocenters. The first kappa shape index (κ1) is 30.2. The second-order valence-corrected chi connectivity index (χ2v) is 12.5. The zero-order valence-corrected chi connectivity index (χ0v) is 23.8. The predicted molar refractivity (Wildman–Crippen MR) is 155 cm³/mol. The molecule has 2 atom stereocenters. The molecule has 2 N–H and O–H groups in total. The molecule has 11 heteroatoms. The van der Waals surface area contributed by atoms with Gasteiger partial charge in [-0.2, -0.15) is 0 Å². The molecule has 0 aliphatic carbocycles. The van der Waals surface area contributed by atoms with Crippen molar-refractivity contribution in [1.29, 1.82) is 0 Å². The minimum absolute atomic E-state index is 0.0220. The van der Waals surface area contributed by atoms with Crippen LogP contribution >= 0.6 is 0 Å². The Balaban J connectivity index is 1.43. The number of carbonyl (C=O) groups is 2. The molecule has 3 aromatic carbocycles. The molecule has 1 heterocycles. The van der Waals surface area contributed by atoms with Gasteiger partial charge in [-0.25, -0.2) is 17.6 Å². The van der Waals surface area contributed by atoms with Gasteiger partial charge < -0.3 is 15.2 Å². The maximum Gasteiger partial charge on any atom is 0.414 e. The van der Waals surface area contributed by atoms with Crippen LogP contribution in [0.5, 0.6) is 0 Å². The number of rotatable bonds is 12. The maximum atomic E-state index is 15.1. The fraction of sp³-hybridized carbons (Fsp3) is 0.333. The number of anilines is 1. The molecule has 4 rings (SSSR count). The first-order valence-corrected chi connectivity index (χ1v) is 15.3. The summed E-state index contributed by atoms with van der Waals surface area (Å²) in [5, 5.41) is 13.6. The Kier molecular flexibility index (Phi) is 9.74. The van der Waals surface area contributed by atoms with Crippen molar-refractivity contribution in [1.82, 2.24) is 10.2 Å². The van der Waals surface area contributed by atoms with E-state index in [0.29, 0.717) is 28.9 Å². The monoisotopic (exact) mass is 583 g/mol. The van der Waals surface area contributed by atoms with Gasteiger partial charge in [-0.3, -0.25) is 14.6 Å². The number of aliphatic hydroxyl groups excluding tert-OH is 1. The molecule has 0 spiro atoms. The molecule has 1 saturated heterocycles. The third-order valence-corrected chi connectivity index (χ3v) is 7.71. The van der Waals surface area contributed by atoms with Gasteiger partial charge in [-0.05, 0) is 34.9 Å². The van der Waals surface area contributed by atoms with Crippen LogP contribution < -0.4 is 10.2 Å². The van der Waals surface area contributed by atoms with E-state index >= 15 is 4.39 Å². The maximum absolute atomic E-state index is 15.1. The number of halogens is 1. The first-order valence-electron chi connectivity index (χ1n) is 13.2. The lowest BCUT2D eigenvalue weighted by Crippen LogP contribution is -2.33. The summed E-state index contributed by atoms with van der Waals surface area (Å²) in [6, 6.07) is 21.0. The van der Waals surface area contributed by atoms with Crippen LogP contribution in [0.3, 0.4) is 0 Å². The standard InChI is InChI=1S/C30H34FN3O6S/c1-21(35)32-17-26-19-34(30(37)40-26)25-12-13-27(28(31)16-25)23-8-10-24(11-9-23)29(36)20-33(14-15-41(2,38)39)18-22-6-4-3-5-7-22/h3-13,16,26,29,36H,14-15,17-20H2,1-2H3,(H,32,35)/t26-,29+/m0/s1. The number of amides is 2. The van der Waals surface area contributed by atoms with Gasteiger partial charge in [-0.15, -0.1) is 0 Å². The lowest BCUT2D eigenvalue weighted by molar-refractivity contribution is -0.119. The van der Waals surface area contributed by atoms with E-state index in [1.165, 1.54) is 24.1 Å². The Bertz CT molecular complexity index is 1470. The lowest BCUT2D eigenvalue weighted by atomic mass is 10.0. The number of ether oxygens (including phenoxy) is 1. The molecule has 2 amide bonds. The quantitative estimate of drug-likeness (QED) is 0.335. The van der Waals surface area contributed by atoms with Crippen LogP contribution in [-0.4, -0.2) is 74.7 Å². The molecule has 0 aromatic heterocycles. The Morgan fingerprint density at radius 1 is 1.15 bits per heavy atom. The number of aliphatic hydroxyl groups is 1. The summed E-state index contributed by atoms with van der Waals surface area (Å²) >= 11 is 0. The smallest absolute Gasteiger partial charge is 0.414 e. The molecule has 0 radical (unpaired) electrons. The number of cyclic esters (lactones) is 1. The summed E-state index contributed by atoms with van der Waals surface area (Å²) in [7, 11) is -3.18. The minimum Gasteiger partial charge on any atom is -0.442 e. The van der Waals surface area contributed by atoms with E-state index in [0.717, 1.165) is 5.56 Å². The Morgan fingerprint density at radius 2 is 1.85 bits per heavy atom. The second-order valence-electron chi connectivity index (χ2n) is 10.2. The average Bonchev–Trinajstić information content (AvgIpc) is 3.31. The third kappa shape index (κ3) is 8.59. The SMILES string of the molecule is CC(=O)NC[C@H]1CN(c2ccc(-c3ccc([C@H](O)CN(CCS(C)(=O)=O)Cc4ccccc4)cc3)c(F)c2)C(=O)O1. The molecule has 9 nitrogen and oxygen atoms in total. The highest BCUT2D eigenvalue weighted by atomic mass is 32.2. The number of carbonyl (C=O) groups excluding carboxylic acids is 2. The summed E-state index contributed by atoms with van der Waals surface area (Å²) in [4.78, 5) is 26.6. The summed E-state index contributed by atoms with van der Waals surface area (Å²) in [6.45, 7) is 2.73. The van der Waals surface area contributed by atoms with Crippen LogP contribution in [0.2, 0.25) is 0 Å². The van der Waals surface area contributed by atoms with E-state index in [-0.39, 0.29) is 37.8 Å². The van der Waals surface area contributed by atoms with E-state index in [9.17, 15) is 23.1 Å². The lowest BCUT2D eigenvalue weighted by Gasteiger charge is -2.25. The molecular formula is C30H34FN3O6S. The third-order valence-electron chi connectivity index (χ3n) is 6.78. The van der Waals surface area contributed by atoms with E-state index in [1.54, 1.807) is 36.4 Å². The molecule has 0 saturated carbocycles. The van der Waals surface area contributed by atoms with Crippen molar-refractivity contribution in [3.8, 4) is 11.1 Å². The van der Waals surface area contributed by atoms with E-state index in [2.05, 4.69) is 5.32 Å². The van der Waals surface area contributed by atoms with Crippen LogP contribution in [0.15, 0.2) is 72.8 Å². The van der Waals surface area contributed by atoms with E-state index < -0.39 is 34.0 Å². The number of hydrogen-bond donors (Lipinski definition) is 2. The second kappa shape index (κ2) is 13.2. The fourth-order valence-corrected chi connectivity index (χ4v) is 5.20. The minimum atomic E-state index is -3.18. The zero-order chi connectivity index (χ0) is 29.6. The highest BCUT2D eigenvalue weighted by molar-refractivity contribution is 7.90. The first-order chi connectivity index (χ1) is 19.5. The predicted octanol–water partition coefficient (Wildman–Crippen LogP) is 3.53. The molecule has 1 fully saturated rings. The normalized spacial score (nSPS) is 16.1. The fourth-order valence-electron chi connectivity index (χ4n) is 4.61. The van der Waals surface area contributed by atoms with Crippen molar-refractivity contribution >= 4 is 27.5 Å². The van der Waals surface area contributed by atoms with Gasteiger partial charge in [0, 0.05) is 38.4 Å². The van der Waals surface area contributed by atoms with Gasteiger partial charge in [0.05, 0.1) is 30.6 Å². The van der Waals surface area contributed by atoms with Crippen molar-refractivity contribution in [2.45, 2.75) is 25.7 Å². The van der Waals surface area contributed by atoms with Crippen LogP contribution in [0.1, 0.15) is 24.2 Å². The van der Waals surface area contributed by atoms with Crippen LogP contribution in [0.25, 0.3) is 11.1 Å². The molecule has 41 heavy (non-hydrogen) atoms. The van der Waals surface area contributed by atoms with Gasteiger partial charge in [0.15, 0.2) is 0 Å². The van der Waals surface area contributed by atoms with Crippen molar-refractivity contribution in [2.24, 2.45) is 0 Å². The van der Waals surface area contributed by atoms with Crippen molar-refractivity contribution < 1.29 is 32.2 Å². The topological polar surface area (TPSA) is 116 Å². The highest BCUT2D eigenvalue weighted by Crippen LogP contribution is 2.30. The molecular weight excluding hydrogens is 549 g/mol. The molecule has 3 aromatic rings. The summed E-state index contributed by atoms with van der Waals surface area (Å²) in [6.07, 6.45) is -0.825. The van der Waals surface area contributed by atoms with E-state index in [4.69, 9.17) is 4.74 Å². The van der Waals surface area contributed by atoms with Crippen molar-refractivity contribution in [3.63, 3.8) is 0 Å². The van der Waals surface area contributed by atoms with Crippen molar-refractivity contribution in [2.75, 3.05) is 43.1 Å². The van der Waals surface area contributed by atoms with Gasteiger partial charge in [0.2, 0.25) is 5.91 Å². The Morgan fingerprint density at radius 3 is 2.49 bits per heavy atom. The Hall–Kier alpha value is -3.80.